The smallest absolute Gasteiger partial charge is 0.165 e. The van der Waals surface area contributed by atoms with Crippen molar-refractivity contribution < 1.29 is 4.74 Å². The topological polar surface area (TPSA) is 64.9 Å². The summed E-state index contributed by atoms with van der Waals surface area (Å²) in [6, 6.07) is 10.5. The number of rotatable bonds is 4. The second-order valence-electron chi connectivity index (χ2n) is 6.81. The Labute approximate surface area is 140 Å². The highest BCUT2D eigenvalue weighted by atomic mass is 16.5. The van der Waals surface area contributed by atoms with Crippen molar-refractivity contribution in [2.24, 2.45) is 0 Å². The maximum atomic E-state index is 5.85. The summed E-state index contributed by atoms with van der Waals surface area (Å²) in [6.45, 7) is 5.64. The SMILES string of the molecule is CC1(C)C[C@@H](n2cnc3c(NCc4ccccc4)ncnc32)CO1. The van der Waals surface area contributed by atoms with Crippen molar-refractivity contribution in [1.29, 1.82) is 0 Å². The van der Waals surface area contributed by atoms with Crippen molar-refractivity contribution in [2.75, 3.05) is 11.9 Å². The first kappa shape index (κ1) is 15.1. The molecule has 6 nitrogen and oxygen atoms in total. The number of nitrogens with one attached hydrogen (secondary N) is 1. The maximum absolute atomic E-state index is 5.85. The number of ether oxygens (including phenoxy) is 1. The monoisotopic (exact) mass is 323 g/mol. The molecule has 0 spiro atoms. The van der Waals surface area contributed by atoms with Crippen LogP contribution in [0.2, 0.25) is 0 Å². The fraction of sp³-hybridized carbons (Fsp3) is 0.389. The van der Waals surface area contributed by atoms with E-state index in [0.717, 1.165) is 23.4 Å². The van der Waals surface area contributed by atoms with Gasteiger partial charge < -0.3 is 14.6 Å². The molecule has 2 aromatic heterocycles. The second kappa shape index (κ2) is 5.87. The molecule has 0 aliphatic carbocycles. The third-order valence-corrected chi connectivity index (χ3v) is 4.45. The normalized spacial score (nSPS) is 19.7. The second-order valence-corrected chi connectivity index (χ2v) is 6.81. The predicted molar refractivity (Wildman–Crippen MR) is 92.8 cm³/mol. The highest BCUT2D eigenvalue weighted by molar-refractivity contribution is 5.82. The van der Waals surface area contributed by atoms with Crippen LogP contribution < -0.4 is 5.32 Å². The van der Waals surface area contributed by atoms with Crippen LogP contribution in [0.25, 0.3) is 11.2 Å². The van der Waals surface area contributed by atoms with E-state index in [-0.39, 0.29) is 11.6 Å². The molecule has 1 saturated heterocycles. The first-order chi connectivity index (χ1) is 11.6. The summed E-state index contributed by atoms with van der Waals surface area (Å²) in [6.07, 6.45) is 4.40. The summed E-state index contributed by atoms with van der Waals surface area (Å²) in [5.74, 6) is 0.765. The van der Waals surface area contributed by atoms with Gasteiger partial charge >= 0.3 is 0 Å². The number of aromatic nitrogens is 4. The molecule has 0 radical (unpaired) electrons. The van der Waals surface area contributed by atoms with Crippen molar-refractivity contribution in [1.82, 2.24) is 19.5 Å². The van der Waals surface area contributed by atoms with Crippen LogP contribution in [0.15, 0.2) is 43.0 Å². The van der Waals surface area contributed by atoms with Crippen LogP contribution in [-0.4, -0.2) is 31.7 Å². The van der Waals surface area contributed by atoms with Gasteiger partial charge in [-0.05, 0) is 25.8 Å². The highest BCUT2D eigenvalue weighted by Gasteiger charge is 2.33. The number of imidazole rings is 1. The van der Waals surface area contributed by atoms with Gasteiger partial charge in [0.15, 0.2) is 11.5 Å². The number of anilines is 1. The highest BCUT2D eigenvalue weighted by Crippen LogP contribution is 2.34. The van der Waals surface area contributed by atoms with Gasteiger partial charge in [0, 0.05) is 6.54 Å². The van der Waals surface area contributed by atoms with Crippen LogP contribution in [0.4, 0.5) is 5.82 Å². The molecule has 1 N–H and O–H groups in total. The summed E-state index contributed by atoms with van der Waals surface area (Å²) in [5, 5.41) is 3.37. The lowest BCUT2D eigenvalue weighted by molar-refractivity contribution is 0.0353. The number of hydrogen-bond acceptors (Lipinski definition) is 5. The van der Waals surface area contributed by atoms with E-state index >= 15 is 0 Å². The van der Waals surface area contributed by atoms with Gasteiger partial charge in [-0.3, -0.25) is 0 Å². The van der Waals surface area contributed by atoms with Crippen molar-refractivity contribution in [3.8, 4) is 0 Å². The minimum Gasteiger partial charge on any atom is -0.373 e. The Morgan fingerprint density at radius 2 is 2.04 bits per heavy atom. The van der Waals surface area contributed by atoms with Crippen molar-refractivity contribution >= 4 is 17.0 Å². The van der Waals surface area contributed by atoms with Crippen LogP contribution in [0.1, 0.15) is 31.9 Å². The van der Waals surface area contributed by atoms with E-state index < -0.39 is 0 Å². The van der Waals surface area contributed by atoms with Crippen molar-refractivity contribution in [3.63, 3.8) is 0 Å². The minimum atomic E-state index is -0.0946. The average molecular weight is 323 g/mol. The van der Waals surface area contributed by atoms with Gasteiger partial charge in [-0.15, -0.1) is 0 Å². The molecule has 1 aliphatic heterocycles. The summed E-state index contributed by atoms with van der Waals surface area (Å²) >= 11 is 0. The first-order valence-corrected chi connectivity index (χ1v) is 8.22. The van der Waals surface area contributed by atoms with E-state index in [1.165, 1.54) is 5.56 Å². The van der Waals surface area contributed by atoms with Gasteiger partial charge in [-0.2, -0.15) is 0 Å². The number of nitrogens with zero attached hydrogens (tertiary/aromatic N) is 4. The van der Waals surface area contributed by atoms with Gasteiger partial charge in [0.1, 0.15) is 11.8 Å². The van der Waals surface area contributed by atoms with Gasteiger partial charge in [0.05, 0.1) is 24.6 Å². The van der Waals surface area contributed by atoms with Gasteiger partial charge in [-0.1, -0.05) is 30.3 Å². The fourth-order valence-corrected chi connectivity index (χ4v) is 3.22. The summed E-state index contributed by atoms with van der Waals surface area (Å²) < 4.78 is 7.96. The molecule has 124 valence electrons. The first-order valence-electron chi connectivity index (χ1n) is 8.22. The molecule has 0 saturated carbocycles. The molecule has 1 aromatic carbocycles. The van der Waals surface area contributed by atoms with Crippen molar-refractivity contribution in [3.05, 3.63) is 48.5 Å². The van der Waals surface area contributed by atoms with E-state index in [9.17, 15) is 0 Å². The third-order valence-electron chi connectivity index (χ3n) is 4.45. The number of fused-ring (bicyclic) bond motifs is 1. The zero-order chi connectivity index (χ0) is 16.6. The Morgan fingerprint density at radius 1 is 1.21 bits per heavy atom. The Hall–Kier alpha value is -2.47. The Morgan fingerprint density at radius 3 is 2.79 bits per heavy atom. The molecule has 3 heterocycles. The van der Waals surface area contributed by atoms with E-state index in [0.29, 0.717) is 13.2 Å². The van der Waals surface area contributed by atoms with E-state index in [2.05, 4.69) is 50.8 Å². The summed E-state index contributed by atoms with van der Waals surface area (Å²) in [4.78, 5) is 13.3. The van der Waals surface area contributed by atoms with Crippen molar-refractivity contribution in [2.45, 2.75) is 38.5 Å². The standard InChI is InChI=1S/C18H21N5O/c1-18(2)8-14(10-24-18)23-12-22-15-16(20-11-21-17(15)23)19-9-13-6-4-3-5-7-13/h3-7,11-12,14H,8-10H2,1-2H3,(H,19,20,21)/t14-/m1/s1. The molecule has 1 atom stereocenters. The van der Waals surface area contributed by atoms with Crippen LogP contribution in [0.5, 0.6) is 0 Å². The van der Waals surface area contributed by atoms with Crippen LogP contribution in [0, 0.1) is 0 Å². The Balaban J connectivity index is 1.60. The molecule has 0 bridgehead atoms. The number of benzene rings is 1. The lowest BCUT2D eigenvalue weighted by Crippen LogP contribution is -2.17. The van der Waals surface area contributed by atoms with Gasteiger partial charge in [0.2, 0.25) is 0 Å². The Bertz CT molecular complexity index is 843. The maximum Gasteiger partial charge on any atom is 0.165 e. The van der Waals surface area contributed by atoms with Gasteiger partial charge in [-0.25, -0.2) is 15.0 Å². The van der Waals surface area contributed by atoms with E-state index in [1.807, 2.05) is 24.5 Å². The summed E-state index contributed by atoms with van der Waals surface area (Å²) in [7, 11) is 0. The van der Waals surface area contributed by atoms with Gasteiger partial charge in [0.25, 0.3) is 0 Å². The molecule has 4 rings (SSSR count). The molecular weight excluding hydrogens is 302 g/mol. The third kappa shape index (κ3) is 2.85. The van der Waals surface area contributed by atoms with E-state index in [4.69, 9.17) is 4.74 Å². The molecular formula is C18H21N5O. The number of hydrogen-bond donors (Lipinski definition) is 1. The molecule has 24 heavy (non-hydrogen) atoms. The molecule has 3 aromatic rings. The van der Waals surface area contributed by atoms with E-state index in [1.54, 1.807) is 6.33 Å². The fourth-order valence-electron chi connectivity index (χ4n) is 3.22. The quantitative estimate of drug-likeness (QED) is 0.799. The average Bonchev–Trinajstić information content (AvgIpc) is 3.17. The zero-order valence-corrected chi connectivity index (χ0v) is 13.9. The lowest BCUT2D eigenvalue weighted by Gasteiger charge is -2.16. The van der Waals surface area contributed by atoms with Crippen LogP contribution in [0.3, 0.4) is 0 Å². The lowest BCUT2D eigenvalue weighted by atomic mass is 10.0. The molecule has 6 heteroatoms. The summed E-state index contributed by atoms with van der Waals surface area (Å²) in [5.41, 5.74) is 2.77. The van der Waals surface area contributed by atoms with Crippen LogP contribution >= 0.6 is 0 Å². The van der Waals surface area contributed by atoms with Crippen LogP contribution in [-0.2, 0) is 11.3 Å². The predicted octanol–water partition coefficient (Wildman–Crippen LogP) is 3.18. The molecule has 0 unspecified atom stereocenters. The molecule has 0 amide bonds. The molecule has 1 aliphatic rings. The minimum absolute atomic E-state index is 0.0946. The molecule has 1 fully saturated rings. The zero-order valence-electron chi connectivity index (χ0n) is 13.9. The Kier molecular flexibility index (Phi) is 3.69. The largest absolute Gasteiger partial charge is 0.373 e.